The Bertz CT molecular complexity index is 432. The normalized spacial score (nSPS) is 19.7. The first-order chi connectivity index (χ1) is 7.65. The fourth-order valence-corrected chi connectivity index (χ4v) is 2.19. The maximum Gasteiger partial charge on any atom is 0.263 e. The lowest BCUT2D eigenvalue weighted by molar-refractivity contribution is -0.116. The molecule has 1 aliphatic heterocycles. The van der Waals surface area contributed by atoms with Crippen LogP contribution in [0, 0.1) is 0 Å². The minimum absolute atomic E-state index is 0.177. The van der Waals surface area contributed by atoms with E-state index >= 15 is 0 Å². The second-order valence-electron chi connectivity index (χ2n) is 3.28. The number of nitrogens with zero attached hydrogens (tertiary/aromatic N) is 1. The van der Waals surface area contributed by atoms with Crippen molar-refractivity contribution < 1.29 is 4.79 Å². The first-order valence-electron chi connectivity index (χ1n) is 4.69. The van der Waals surface area contributed by atoms with Crippen LogP contribution >= 0.6 is 23.4 Å². The van der Waals surface area contributed by atoms with Crippen molar-refractivity contribution >= 4 is 40.1 Å². The van der Waals surface area contributed by atoms with Crippen molar-refractivity contribution in [1.82, 2.24) is 0 Å². The molecule has 1 aliphatic rings. The van der Waals surface area contributed by atoms with Crippen LogP contribution in [0.4, 0.5) is 5.69 Å². The molecule has 6 heteroatoms. The summed E-state index contributed by atoms with van der Waals surface area (Å²) in [6.07, 6.45) is 0. The van der Waals surface area contributed by atoms with Gasteiger partial charge in [0.15, 0.2) is 5.17 Å². The van der Waals surface area contributed by atoms with Crippen LogP contribution in [0.1, 0.15) is 0 Å². The molecule has 0 saturated heterocycles. The molecule has 0 aromatic heterocycles. The van der Waals surface area contributed by atoms with E-state index in [1.54, 1.807) is 12.1 Å². The van der Waals surface area contributed by atoms with Gasteiger partial charge in [-0.25, -0.2) is 0 Å². The van der Waals surface area contributed by atoms with E-state index in [2.05, 4.69) is 10.3 Å². The van der Waals surface area contributed by atoms with Gasteiger partial charge in [-0.2, -0.15) is 4.99 Å². The summed E-state index contributed by atoms with van der Waals surface area (Å²) >= 11 is 7.05. The summed E-state index contributed by atoms with van der Waals surface area (Å²) in [5.41, 5.74) is 6.37. The zero-order valence-electron chi connectivity index (χ0n) is 8.31. The number of hydrogen-bond donors (Lipinski definition) is 2. The molecule has 0 saturated carbocycles. The van der Waals surface area contributed by atoms with Crippen molar-refractivity contribution in [2.45, 2.75) is 5.25 Å². The number of aliphatic imine (C=N–C) groups is 1. The second kappa shape index (κ2) is 4.76. The molecule has 16 heavy (non-hydrogen) atoms. The van der Waals surface area contributed by atoms with E-state index in [1.165, 1.54) is 11.8 Å². The first-order valence-corrected chi connectivity index (χ1v) is 5.95. The molecule has 0 unspecified atom stereocenters. The predicted octanol–water partition coefficient (Wildman–Crippen LogP) is 1.71. The van der Waals surface area contributed by atoms with E-state index in [9.17, 15) is 4.79 Å². The third-order valence-corrected chi connectivity index (χ3v) is 3.33. The minimum Gasteiger partial charge on any atom is -0.383 e. The molecule has 1 amide bonds. The molecule has 3 N–H and O–H groups in total. The van der Waals surface area contributed by atoms with Crippen molar-refractivity contribution in [3.05, 3.63) is 29.3 Å². The van der Waals surface area contributed by atoms with Gasteiger partial charge >= 0.3 is 0 Å². The van der Waals surface area contributed by atoms with Gasteiger partial charge in [0.1, 0.15) is 5.25 Å². The summed E-state index contributed by atoms with van der Waals surface area (Å²) in [5.74, 6) is -0.177. The monoisotopic (exact) mass is 255 g/mol. The first kappa shape index (κ1) is 11.3. The number of nitrogens with two attached hydrogens (primary N) is 1. The molecule has 1 aromatic carbocycles. The Morgan fingerprint density at radius 3 is 2.69 bits per heavy atom. The number of halogens is 1. The Morgan fingerprint density at radius 2 is 2.12 bits per heavy atom. The molecule has 0 spiro atoms. The van der Waals surface area contributed by atoms with Crippen LogP contribution in [0.25, 0.3) is 0 Å². The number of thioether (sulfide) groups is 1. The largest absolute Gasteiger partial charge is 0.383 e. The lowest BCUT2D eigenvalue weighted by atomic mass is 10.3. The number of hydrogen-bond acceptors (Lipinski definition) is 4. The zero-order valence-corrected chi connectivity index (χ0v) is 9.89. The highest BCUT2D eigenvalue weighted by molar-refractivity contribution is 8.15. The Morgan fingerprint density at radius 1 is 1.44 bits per heavy atom. The number of anilines is 1. The third kappa shape index (κ3) is 2.68. The highest BCUT2D eigenvalue weighted by Crippen LogP contribution is 2.21. The van der Waals surface area contributed by atoms with Gasteiger partial charge in [-0.05, 0) is 24.3 Å². The van der Waals surface area contributed by atoms with Gasteiger partial charge in [-0.1, -0.05) is 23.4 Å². The molecule has 84 valence electrons. The quantitative estimate of drug-likeness (QED) is 0.863. The van der Waals surface area contributed by atoms with Gasteiger partial charge in [0.25, 0.3) is 5.91 Å². The number of amides is 1. The Kier molecular flexibility index (Phi) is 3.36. The zero-order chi connectivity index (χ0) is 11.5. The maximum atomic E-state index is 11.3. The minimum atomic E-state index is -0.226. The standard InChI is InChI=1S/C10H10ClN3OS/c11-6-1-3-7(4-2-6)13-5-8-9(15)14-10(12)16-8/h1-4,8,13H,5H2,(H2,12,14,15)/t8-/m0/s1. The van der Waals surface area contributed by atoms with Gasteiger partial charge in [-0.15, -0.1) is 0 Å². The fourth-order valence-electron chi connectivity index (χ4n) is 1.31. The Labute approximate surface area is 102 Å². The van der Waals surface area contributed by atoms with Crippen LogP contribution in [0.5, 0.6) is 0 Å². The fraction of sp³-hybridized carbons (Fsp3) is 0.200. The van der Waals surface area contributed by atoms with Crippen LogP contribution in [0.3, 0.4) is 0 Å². The predicted molar refractivity (Wildman–Crippen MR) is 68.0 cm³/mol. The van der Waals surface area contributed by atoms with E-state index < -0.39 is 0 Å². The van der Waals surface area contributed by atoms with Crippen molar-refractivity contribution in [2.24, 2.45) is 10.7 Å². The van der Waals surface area contributed by atoms with Crippen molar-refractivity contribution in [3.63, 3.8) is 0 Å². The van der Waals surface area contributed by atoms with Crippen LogP contribution < -0.4 is 11.1 Å². The SMILES string of the molecule is NC1=NC(=O)[C@H](CNc2ccc(Cl)cc2)S1. The van der Waals surface area contributed by atoms with Crippen molar-refractivity contribution in [3.8, 4) is 0 Å². The van der Waals surface area contributed by atoms with E-state index in [4.69, 9.17) is 17.3 Å². The van der Waals surface area contributed by atoms with Gasteiger partial charge in [0.2, 0.25) is 0 Å². The maximum absolute atomic E-state index is 11.3. The molecule has 4 nitrogen and oxygen atoms in total. The molecule has 2 rings (SSSR count). The van der Waals surface area contributed by atoms with E-state index in [1.807, 2.05) is 12.1 Å². The van der Waals surface area contributed by atoms with Crippen molar-refractivity contribution in [1.29, 1.82) is 0 Å². The molecule has 1 aromatic rings. The van der Waals surface area contributed by atoms with Crippen molar-refractivity contribution in [2.75, 3.05) is 11.9 Å². The van der Waals surface area contributed by atoms with E-state index in [0.29, 0.717) is 16.7 Å². The average molecular weight is 256 g/mol. The molecule has 0 radical (unpaired) electrons. The van der Waals surface area contributed by atoms with Gasteiger partial charge in [0.05, 0.1) is 0 Å². The number of rotatable bonds is 3. The molecule has 0 aliphatic carbocycles. The second-order valence-corrected chi connectivity index (χ2v) is 4.94. The van der Waals surface area contributed by atoms with Crippen LogP contribution in [0.15, 0.2) is 29.3 Å². The highest BCUT2D eigenvalue weighted by atomic mass is 35.5. The van der Waals surface area contributed by atoms with Crippen LogP contribution in [0.2, 0.25) is 5.02 Å². The van der Waals surface area contributed by atoms with Gasteiger partial charge in [0, 0.05) is 17.3 Å². The topological polar surface area (TPSA) is 67.5 Å². The van der Waals surface area contributed by atoms with E-state index in [0.717, 1.165) is 5.69 Å². The van der Waals surface area contributed by atoms with E-state index in [-0.39, 0.29) is 11.2 Å². The highest BCUT2D eigenvalue weighted by Gasteiger charge is 2.26. The number of carbonyl (C=O) groups is 1. The van der Waals surface area contributed by atoms with Gasteiger partial charge < -0.3 is 11.1 Å². The summed E-state index contributed by atoms with van der Waals surface area (Å²) in [4.78, 5) is 15.0. The molecule has 0 fully saturated rings. The van der Waals surface area contributed by atoms with Crippen LogP contribution in [-0.2, 0) is 4.79 Å². The molecular formula is C10H10ClN3OS. The number of carbonyl (C=O) groups excluding carboxylic acids is 1. The number of amidine groups is 1. The van der Waals surface area contributed by atoms with Gasteiger partial charge in [-0.3, -0.25) is 4.79 Å². The lowest BCUT2D eigenvalue weighted by Crippen LogP contribution is -2.21. The molecule has 1 atom stereocenters. The summed E-state index contributed by atoms with van der Waals surface area (Å²) in [6.45, 7) is 0.509. The van der Waals surface area contributed by atoms with Crippen LogP contribution in [-0.4, -0.2) is 22.9 Å². The average Bonchev–Trinajstić information content (AvgIpc) is 2.57. The Balaban J connectivity index is 1.89. The molecule has 1 heterocycles. The Hall–Kier alpha value is -1.20. The summed E-state index contributed by atoms with van der Waals surface area (Å²) in [5, 5.41) is 3.93. The summed E-state index contributed by atoms with van der Waals surface area (Å²) in [7, 11) is 0. The third-order valence-electron chi connectivity index (χ3n) is 2.09. The summed E-state index contributed by atoms with van der Waals surface area (Å²) in [6, 6.07) is 7.30. The lowest BCUT2D eigenvalue weighted by Gasteiger charge is -2.09. The number of nitrogens with one attached hydrogen (secondary N) is 1. The smallest absolute Gasteiger partial charge is 0.263 e. The molecular weight excluding hydrogens is 246 g/mol. The number of benzene rings is 1. The summed E-state index contributed by atoms with van der Waals surface area (Å²) < 4.78 is 0. The molecule has 0 bridgehead atoms.